The van der Waals surface area contributed by atoms with Crippen LogP contribution in [0, 0.1) is 5.92 Å². The minimum Gasteiger partial charge on any atom is -0.459 e. The van der Waals surface area contributed by atoms with Gasteiger partial charge in [-0.2, -0.15) is 0 Å². The van der Waals surface area contributed by atoms with Crippen LogP contribution in [-0.4, -0.2) is 11.9 Å². The molecule has 2 rings (SSSR count). The summed E-state index contributed by atoms with van der Waals surface area (Å²) in [5.41, 5.74) is 0. The SMILES string of the molecule is CC1CCCC(NC(=O)c2ccco2)C1. The molecule has 1 aromatic rings. The van der Waals surface area contributed by atoms with Gasteiger partial charge < -0.3 is 9.73 Å². The molecule has 0 aliphatic heterocycles. The highest BCUT2D eigenvalue weighted by molar-refractivity contribution is 5.91. The molecule has 1 N–H and O–H groups in total. The van der Waals surface area contributed by atoms with Gasteiger partial charge in [0.05, 0.1) is 6.26 Å². The highest BCUT2D eigenvalue weighted by Crippen LogP contribution is 2.23. The van der Waals surface area contributed by atoms with Gasteiger partial charge >= 0.3 is 0 Å². The number of carbonyl (C=O) groups is 1. The van der Waals surface area contributed by atoms with Gasteiger partial charge in [0.1, 0.15) is 0 Å². The Kier molecular flexibility index (Phi) is 3.09. The van der Waals surface area contributed by atoms with Gasteiger partial charge in [0.25, 0.3) is 5.91 Å². The summed E-state index contributed by atoms with van der Waals surface area (Å²) in [4.78, 5) is 11.7. The predicted molar refractivity (Wildman–Crippen MR) is 57.6 cm³/mol. The van der Waals surface area contributed by atoms with Crippen molar-refractivity contribution in [3.63, 3.8) is 0 Å². The summed E-state index contributed by atoms with van der Waals surface area (Å²) in [6.07, 6.45) is 6.21. The minimum atomic E-state index is -0.0842. The minimum absolute atomic E-state index is 0.0842. The fraction of sp³-hybridized carbons (Fsp3) is 0.583. The maximum atomic E-state index is 11.7. The van der Waals surface area contributed by atoms with Gasteiger partial charge in [-0.15, -0.1) is 0 Å². The summed E-state index contributed by atoms with van der Waals surface area (Å²) in [7, 11) is 0. The van der Waals surface area contributed by atoms with Crippen LogP contribution in [0.3, 0.4) is 0 Å². The van der Waals surface area contributed by atoms with Gasteiger partial charge in [-0.1, -0.05) is 19.8 Å². The molecule has 1 saturated carbocycles. The zero-order chi connectivity index (χ0) is 10.7. The summed E-state index contributed by atoms with van der Waals surface area (Å²) in [6, 6.07) is 3.76. The largest absolute Gasteiger partial charge is 0.459 e. The van der Waals surface area contributed by atoms with Gasteiger partial charge in [-0.05, 0) is 30.9 Å². The second-order valence-corrected chi connectivity index (χ2v) is 4.42. The molecular weight excluding hydrogens is 190 g/mol. The topological polar surface area (TPSA) is 42.2 Å². The Balaban J connectivity index is 1.89. The van der Waals surface area contributed by atoms with E-state index in [1.807, 2.05) is 0 Å². The van der Waals surface area contributed by atoms with Gasteiger partial charge in [0, 0.05) is 6.04 Å². The zero-order valence-electron chi connectivity index (χ0n) is 9.03. The lowest BCUT2D eigenvalue weighted by molar-refractivity contribution is 0.0893. The van der Waals surface area contributed by atoms with Gasteiger partial charge in [-0.3, -0.25) is 4.79 Å². The highest BCUT2D eigenvalue weighted by atomic mass is 16.3. The zero-order valence-corrected chi connectivity index (χ0v) is 9.03. The fourth-order valence-corrected chi connectivity index (χ4v) is 2.23. The molecule has 82 valence electrons. The molecular formula is C12H17NO2. The van der Waals surface area contributed by atoms with Crippen LogP contribution in [0.1, 0.15) is 43.2 Å². The van der Waals surface area contributed by atoms with Crippen LogP contribution in [0.4, 0.5) is 0 Å². The monoisotopic (exact) mass is 207 g/mol. The molecule has 2 unspecified atom stereocenters. The maximum absolute atomic E-state index is 11.7. The standard InChI is InChI=1S/C12H17NO2/c1-9-4-2-5-10(8-9)13-12(14)11-6-3-7-15-11/h3,6-7,9-10H,2,4-5,8H2,1H3,(H,13,14). The van der Waals surface area contributed by atoms with E-state index in [9.17, 15) is 4.79 Å². The molecule has 1 aromatic heterocycles. The van der Waals surface area contributed by atoms with Crippen LogP contribution in [0.25, 0.3) is 0 Å². The van der Waals surface area contributed by atoms with Crippen molar-refractivity contribution in [3.8, 4) is 0 Å². The smallest absolute Gasteiger partial charge is 0.287 e. The second-order valence-electron chi connectivity index (χ2n) is 4.42. The van der Waals surface area contributed by atoms with E-state index >= 15 is 0 Å². The Morgan fingerprint density at radius 3 is 3.07 bits per heavy atom. The van der Waals surface area contributed by atoms with Crippen molar-refractivity contribution in [2.45, 2.75) is 38.6 Å². The third-order valence-corrected chi connectivity index (χ3v) is 3.02. The van der Waals surface area contributed by atoms with Crippen LogP contribution in [0.5, 0.6) is 0 Å². The van der Waals surface area contributed by atoms with Crippen molar-refractivity contribution in [1.29, 1.82) is 0 Å². The lowest BCUT2D eigenvalue weighted by Gasteiger charge is -2.27. The Labute approximate surface area is 89.9 Å². The van der Waals surface area contributed by atoms with Crippen molar-refractivity contribution in [1.82, 2.24) is 5.32 Å². The number of carbonyl (C=O) groups excluding carboxylic acids is 1. The Bertz CT molecular complexity index is 318. The van der Waals surface area contributed by atoms with E-state index < -0.39 is 0 Å². The van der Waals surface area contributed by atoms with Crippen LogP contribution in [-0.2, 0) is 0 Å². The molecule has 0 bridgehead atoms. The van der Waals surface area contributed by atoms with Crippen molar-refractivity contribution < 1.29 is 9.21 Å². The first-order valence-corrected chi connectivity index (χ1v) is 5.60. The molecule has 0 saturated heterocycles. The molecule has 1 heterocycles. The second kappa shape index (κ2) is 4.51. The molecule has 3 heteroatoms. The summed E-state index contributed by atoms with van der Waals surface area (Å²) < 4.78 is 5.05. The number of rotatable bonds is 2. The number of furan rings is 1. The van der Waals surface area contributed by atoms with Gasteiger partial charge in [-0.25, -0.2) is 0 Å². The lowest BCUT2D eigenvalue weighted by atomic mass is 9.87. The van der Waals surface area contributed by atoms with Gasteiger partial charge in [0.2, 0.25) is 0 Å². The number of nitrogens with one attached hydrogen (secondary N) is 1. The molecule has 2 atom stereocenters. The quantitative estimate of drug-likeness (QED) is 0.809. The third-order valence-electron chi connectivity index (χ3n) is 3.02. The van der Waals surface area contributed by atoms with E-state index in [0.29, 0.717) is 11.8 Å². The molecule has 15 heavy (non-hydrogen) atoms. The van der Waals surface area contributed by atoms with E-state index in [1.54, 1.807) is 12.1 Å². The predicted octanol–water partition coefficient (Wildman–Crippen LogP) is 2.59. The van der Waals surface area contributed by atoms with E-state index in [0.717, 1.165) is 18.8 Å². The number of hydrogen-bond donors (Lipinski definition) is 1. The molecule has 1 aliphatic carbocycles. The van der Waals surface area contributed by atoms with Crippen molar-refractivity contribution >= 4 is 5.91 Å². The summed E-state index contributed by atoms with van der Waals surface area (Å²) >= 11 is 0. The summed E-state index contributed by atoms with van der Waals surface area (Å²) in [5, 5.41) is 3.02. The van der Waals surface area contributed by atoms with E-state index in [2.05, 4.69) is 12.2 Å². The summed E-state index contributed by atoms with van der Waals surface area (Å²) in [6.45, 7) is 2.24. The van der Waals surface area contributed by atoms with Crippen molar-refractivity contribution in [3.05, 3.63) is 24.2 Å². The average molecular weight is 207 g/mol. The Hall–Kier alpha value is -1.25. The van der Waals surface area contributed by atoms with E-state index in [4.69, 9.17) is 4.42 Å². The Morgan fingerprint density at radius 2 is 2.40 bits per heavy atom. The van der Waals surface area contributed by atoms with E-state index in [-0.39, 0.29) is 5.91 Å². The molecule has 1 amide bonds. The maximum Gasteiger partial charge on any atom is 0.287 e. The lowest BCUT2D eigenvalue weighted by Crippen LogP contribution is -2.37. The molecule has 1 fully saturated rings. The average Bonchev–Trinajstić information content (AvgIpc) is 2.70. The third kappa shape index (κ3) is 2.61. The first-order chi connectivity index (χ1) is 7.25. The van der Waals surface area contributed by atoms with Crippen molar-refractivity contribution in [2.24, 2.45) is 5.92 Å². The van der Waals surface area contributed by atoms with Crippen LogP contribution in [0.2, 0.25) is 0 Å². The molecule has 0 aromatic carbocycles. The van der Waals surface area contributed by atoms with Crippen LogP contribution >= 0.6 is 0 Å². The van der Waals surface area contributed by atoms with Crippen LogP contribution in [0.15, 0.2) is 22.8 Å². The van der Waals surface area contributed by atoms with Crippen LogP contribution < -0.4 is 5.32 Å². The Morgan fingerprint density at radius 1 is 1.53 bits per heavy atom. The molecule has 1 aliphatic rings. The number of amides is 1. The molecule has 3 nitrogen and oxygen atoms in total. The van der Waals surface area contributed by atoms with E-state index in [1.165, 1.54) is 19.1 Å². The van der Waals surface area contributed by atoms with Crippen molar-refractivity contribution in [2.75, 3.05) is 0 Å². The molecule has 0 radical (unpaired) electrons. The summed E-state index contributed by atoms with van der Waals surface area (Å²) in [5.74, 6) is 1.05. The first kappa shape index (κ1) is 10.3. The first-order valence-electron chi connectivity index (χ1n) is 5.60. The highest BCUT2D eigenvalue weighted by Gasteiger charge is 2.21. The molecule has 0 spiro atoms. The number of hydrogen-bond acceptors (Lipinski definition) is 2. The fourth-order valence-electron chi connectivity index (χ4n) is 2.23. The normalized spacial score (nSPS) is 26.2. The van der Waals surface area contributed by atoms with Gasteiger partial charge in [0.15, 0.2) is 5.76 Å².